The van der Waals surface area contributed by atoms with Gasteiger partial charge in [-0.1, -0.05) is 30.3 Å². The summed E-state index contributed by atoms with van der Waals surface area (Å²) >= 11 is 0. The van der Waals surface area contributed by atoms with Crippen molar-refractivity contribution in [3.8, 4) is 0 Å². The fraction of sp³-hybridized carbons (Fsp3) is 0.211. The number of hydrogen-bond donors (Lipinski definition) is 4. The van der Waals surface area contributed by atoms with E-state index in [0.29, 0.717) is 12.0 Å². The second-order valence-corrected chi connectivity index (χ2v) is 5.76. The van der Waals surface area contributed by atoms with Crippen LogP contribution in [0.5, 0.6) is 0 Å². The molecule has 0 spiro atoms. The maximum atomic E-state index is 12.5. The summed E-state index contributed by atoms with van der Waals surface area (Å²) in [5, 5.41) is 20.0. The minimum Gasteiger partial charge on any atom is -0.396 e. The van der Waals surface area contributed by atoms with Crippen molar-refractivity contribution >= 4 is 17.8 Å². The number of carbonyl (C=O) groups is 3. The van der Waals surface area contributed by atoms with E-state index in [-0.39, 0.29) is 25.3 Å². The number of urea groups is 1. The van der Waals surface area contributed by atoms with Gasteiger partial charge in [0.05, 0.1) is 0 Å². The van der Waals surface area contributed by atoms with E-state index in [1.807, 2.05) is 0 Å². The molecule has 0 atom stereocenters. The molecular weight excluding hydrogens is 350 g/mol. The maximum Gasteiger partial charge on any atom is 0.324 e. The molecule has 4 N–H and O–H groups in total. The fourth-order valence-electron chi connectivity index (χ4n) is 2.40. The van der Waals surface area contributed by atoms with Gasteiger partial charge in [-0.3, -0.25) is 20.1 Å². The molecule has 2 rings (SSSR count). The Morgan fingerprint density at radius 3 is 2.11 bits per heavy atom. The molecule has 27 heavy (non-hydrogen) atoms. The predicted molar refractivity (Wildman–Crippen MR) is 97.1 cm³/mol. The van der Waals surface area contributed by atoms with Crippen LogP contribution in [-0.2, 0) is 6.54 Å². The van der Waals surface area contributed by atoms with E-state index in [2.05, 4.69) is 5.32 Å². The lowest BCUT2D eigenvalue weighted by Gasteiger charge is -2.22. The largest absolute Gasteiger partial charge is 0.396 e. The van der Waals surface area contributed by atoms with Crippen molar-refractivity contribution < 1.29 is 24.7 Å². The lowest BCUT2D eigenvalue weighted by atomic mass is 10.1. The summed E-state index contributed by atoms with van der Waals surface area (Å²) in [5.74, 6) is -1.14. The SMILES string of the molecule is O=C(NO)c1ccc(CN(CCCO)C(=O)NC(=O)c2ccccc2)cc1. The highest BCUT2D eigenvalue weighted by Gasteiger charge is 2.17. The van der Waals surface area contributed by atoms with E-state index in [1.165, 1.54) is 17.0 Å². The monoisotopic (exact) mass is 371 g/mol. The van der Waals surface area contributed by atoms with E-state index < -0.39 is 17.8 Å². The number of imide groups is 1. The number of carbonyl (C=O) groups excluding carboxylic acids is 3. The van der Waals surface area contributed by atoms with Crippen molar-refractivity contribution in [3.63, 3.8) is 0 Å². The van der Waals surface area contributed by atoms with E-state index in [9.17, 15) is 14.4 Å². The molecule has 0 aliphatic rings. The molecule has 0 aliphatic carbocycles. The molecule has 0 saturated carbocycles. The zero-order valence-electron chi connectivity index (χ0n) is 14.6. The summed E-state index contributed by atoms with van der Waals surface area (Å²) in [5.41, 5.74) is 2.91. The number of rotatable bonds is 7. The first-order valence-corrected chi connectivity index (χ1v) is 8.34. The van der Waals surface area contributed by atoms with Crippen molar-refractivity contribution in [1.29, 1.82) is 0 Å². The van der Waals surface area contributed by atoms with Crippen molar-refractivity contribution in [3.05, 3.63) is 71.3 Å². The first-order chi connectivity index (χ1) is 13.0. The summed E-state index contributed by atoms with van der Waals surface area (Å²) in [6, 6.07) is 14.1. The van der Waals surface area contributed by atoms with Crippen LogP contribution >= 0.6 is 0 Å². The third-order valence-electron chi connectivity index (χ3n) is 3.82. The van der Waals surface area contributed by atoms with Gasteiger partial charge in [0.2, 0.25) is 0 Å². The highest BCUT2D eigenvalue weighted by molar-refractivity contribution is 6.04. The van der Waals surface area contributed by atoms with Crippen LogP contribution in [0.3, 0.4) is 0 Å². The smallest absolute Gasteiger partial charge is 0.324 e. The van der Waals surface area contributed by atoms with Crippen LogP contribution in [0, 0.1) is 0 Å². The lowest BCUT2D eigenvalue weighted by molar-refractivity contribution is 0.0706. The number of aliphatic hydroxyl groups excluding tert-OH is 1. The first-order valence-electron chi connectivity index (χ1n) is 8.34. The molecule has 0 aliphatic heterocycles. The fourth-order valence-corrected chi connectivity index (χ4v) is 2.40. The molecular formula is C19H21N3O5. The molecule has 0 unspecified atom stereocenters. The van der Waals surface area contributed by atoms with E-state index in [4.69, 9.17) is 10.3 Å². The molecule has 142 valence electrons. The zero-order valence-corrected chi connectivity index (χ0v) is 14.6. The zero-order chi connectivity index (χ0) is 19.6. The third-order valence-corrected chi connectivity index (χ3v) is 3.82. The van der Waals surface area contributed by atoms with Crippen molar-refractivity contribution in [1.82, 2.24) is 15.7 Å². The van der Waals surface area contributed by atoms with Gasteiger partial charge in [0, 0.05) is 30.8 Å². The van der Waals surface area contributed by atoms with Gasteiger partial charge in [-0.15, -0.1) is 0 Å². The topological polar surface area (TPSA) is 119 Å². The summed E-state index contributed by atoms with van der Waals surface area (Å²) in [7, 11) is 0. The number of aliphatic hydroxyl groups is 1. The Bertz CT molecular complexity index is 778. The normalized spacial score (nSPS) is 10.1. The second-order valence-electron chi connectivity index (χ2n) is 5.76. The molecule has 0 fully saturated rings. The van der Waals surface area contributed by atoms with Gasteiger partial charge in [0.25, 0.3) is 11.8 Å². The second kappa shape index (κ2) is 10.0. The van der Waals surface area contributed by atoms with Crippen LogP contribution in [0.4, 0.5) is 4.79 Å². The number of nitrogens with zero attached hydrogens (tertiary/aromatic N) is 1. The number of amides is 4. The molecule has 0 radical (unpaired) electrons. The van der Waals surface area contributed by atoms with Gasteiger partial charge in [0.15, 0.2) is 0 Å². The van der Waals surface area contributed by atoms with E-state index in [0.717, 1.165) is 5.56 Å². The highest BCUT2D eigenvalue weighted by Crippen LogP contribution is 2.09. The molecule has 2 aromatic rings. The quantitative estimate of drug-likeness (QED) is 0.435. The van der Waals surface area contributed by atoms with Crippen molar-refractivity contribution in [2.45, 2.75) is 13.0 Å². The van der Waals surface area contributed by atoms with E-state index in [1.54, 1.807) is 47.9 Å². The summed E-state index contributed by atoms with van der Waals surface area (Å²) < 4.78 is 0. The van der Waals surface area contributed by atoms with Gasteiger partial charge in [-0.2, -0.15) is 0 Å². The predicted octanol–water partition coefficient (Wildman–Crippen LogP) is 1.54. The van der Waals surface area contributed by atoms with Crippen LogP contribution in [0.2, 0.25) is 0 Å². The van der Waals surface area contributed by atoms with Gasteiger partial charge < -0.3 is 10.0 Å². The Hall–Kier alpha value is -3.23. The van der Waals surface area contributed by atoms with Crippen LogP contribution in [-0.4, -0.2) is 46.2 Å². The summed E-state index contributed by atoms with van der Waals surface area (Å²) in [4.78, 5) is 37.4. The molecule has 8 nitrogen and oxygen atoms in total. The summed E-state index contributed by atoms with van der Waals surface area (Å²) in [6.45, 7) is 0.351. The molecule has 8 heteroatoms. The third kappa shape index (κ3) is 5.91. The van der Waals surface area contributed by atoms with Crippen LogP contribution in [0.1, 0.15) is 32.7 Å². The highest BCUT2D eigenvalue weighted by atomic mass is 16.5. The van der Waals surface area contributed by atoms with Crippen molar-refractivity contribution in [2.24, 2.45) is 0 Å². The Kier molecular flexibility index (Phi) is 7.48. The Labute approximate surface area is 156 Å². The minimum atomic E-state index is -0.634. The Morgan fingerprint density at radius 1 is 0.889 bits per heavy atom. The average molecular weight is 371 g/mol. The Balaban J connectivity index is 2.06. The molecule has 4 amide bonds. The number of hydrogen-bond acceptors (Lipinski definition) is 5. The molecule has 0 bridgehead atoms. The Morgan fingerprint density at radius 2 is 1.52 bits per heavy atom. The van der Waals surface area contributed by atoms with Gasteiger partial charge in [-0.05, 0) is 36.2 Å². The standard InChI is InChI=1S/C19H21N3O5/c23-12-4-11-22(13-14-7-9-16(10-8-14)18(25)21-27)19(26)20-17(24)15-5-2-1-3-6-15/h1-3,5-10,23,27H,4,11-13H2,(H,21,25)(H,20,24,26). The molecule has 0 saturated heterocycles. The van der Waals surface area contributed by atoms with Gasteiger partial charge in [-0.25, -0.2) is 10.3 Å². The number of benzene rings is 2. The van der Waals surface area contributed by atoms with Crippen LogP contribution < -0.4 is 10.8 Å². The van der Waals surface area contributed by atoms with Gasteiger partial charge in [0.1, 0.15) is 0 Å². The lowest BCUT2D eigenvalue weighted by Crippen LogP contribution is -2.43. The number of nitrogens with one attached hydrogen (secondary N) is 2. The molecule has 0 heterocycles. The molecule has 0 aromatic heterocycles. The van der Waals surface area contributed by atoms with Crippen molar-refractivity contribution in [2.75, 3.05) is 13.2 Å². The van der Waals surface area contributed by atoms with Gasteiger partial charge >= 0.3 is 6.03 Å². The average Bonchev–Trinajstić information content (AvgIpc) is 2.71. The maximum absolute atomic E-state index is 12.5. The first kappa shape index (κ1) is 20.1. The summed E-state index contributed by atoms with van der Waals surface area (Å²) in [6.07, 6.45) is 0.359. The van der Waals surface area contributed by atoms with E-state index >= 15 is 0 Å². The van der Waals surface area contributed by atoms with Crippen LogP contribution in [0.25, 0.3) is 0 Å². The number of hydroxylamine groups is 1. The molecule has 2 aromatic carbocycles. The van der Waals surface area contributed by atoms with Crippen LogP contribution in [0.15, 0.2) is 54.6 Å². The minimum absolute atomic E-state index is 0.0912.